The third-order valence-electron chi connectivity index (χ3n) is 2.25. The van der Waals surface area contributed by atoms with Gasteiger partial charge in [0.15, 0.2) is 6.10 Å². The first kappa shape index (κ1) is 16.3. The highest BCUT2D eigenvalue weighted by molar-refractivity contribution is 5.75. The highest BCUT2D eigenvalue weighted by atomic mass is 16.6. The average Bonchev–Trinajstić information content (AvgIpc) is 2.28. The van der Waals surface area contributed by atoms with Gasteiger partial charge in [-0.3, -0.25) is 0 Å². The number of esters is 1. The Morgan fingerprint density at radius 1 is 0.950 bits per heavy atom. The van der Waals surface area contributed by atoms with Crippen molar-refractivity contribution in [2.75, 3.05) is 0 Å². The first-order valence-corrected chi connectivity index (χ1v) is 6.83. The van der Waals surface area contributed by atoms with Crippen LogP contribution in [-0.4, -0.2) is 23.8 Å². The standard InChI is InChI=1S/C16H24O4/c1-11(2)18-13-7-9-14(10-8-13)19-12(3)15(17)20-16(4,5)6/h7-12H,1-6H3. The summed E-state index contributed by atoms with van der Waals surface area (Å²) < 4.78 is 16.4. The van der Waals surface area contributed by atoms with E-state index in [-0.39, 0.29) is 12.1 Å². The van der Waals surface area contributed by atoms with Gasteiger partial charge >= 0.3 is 5.97 Å². The van der Waals surface area contributed by atoms with Crippen LogP contribution in [0.4, 0.5) is 0 Å². The second-order valence-corrected chi connectivity index (χ2v) is 5.93. The molecular weight excluding hydrogens is 256 g/mol. The summed E-state index contributed by atoms with van der Waals surface area (Å²) in [7, 11) is 0. The van der Waals surface area contributed by atoms with Crippen LogP contribution in [0.2, 0.25) is 0 Å². The summed E-state index contributed by atoms with van der Waals surface area (Å²) in [6.45, 7) is 11.1. The zero-order chi connectivity index (χ0) is 15.3. The molecule has 0 radical (unpaired) electrons. The number of carbonyl (C=O) groups is 1. The number of hydrogen-bond acceptors (Lipinski definition) is 4. The fraction of sp³-hybridized carbons (Fsp3) is 0.562. The average molecular weight is 280 g/mol. The number of carbonyl (C=O) groups excluding carboxylic acids is 1. The lowest BCUT2D eigenvalue weighted by molar-refractivity contribution is -0.162. The Morgan fingerprint density at radius 3 is 1.80 bits per heavy atom. The Kier molecular flexibility index (Phi) is 5.43. The maximum atomic E-state index is 11.8. The van der Waals surface area contributed by atoms with Crippen molar-refractivity contribution in [3.05, 3.63) is 24.3 Å². The Labute approximate surface area is 121 Å². The molecule has 0 amide bonds. The van der Waals surface area contributed by atoms with Gasteiger partial charge in [0.25, 0.3) is 0 Å². The van der Waals surface area contributed by atoms with E-state index < -0.39 is 11.7 Å². The monoisotopic (exact) mass is 280 g/mol. The molecule has 1 unspecified atom stereocenters. The molecule has 0 spiro atoms. The van der Waals surface area contributed by atoms with E-state index in [1.807, 2.05) is 46.8 Å². The van der Waals surface area contributed by atoms with Crippen LogP contribution in [-0.2, 0) is 9.53 Å². The normalized spacial score (nSPS) is 12.9. The van der Waals surface area contributed by atoms with Crippen LogP contribution in [0.25, 0.3) is 0 Å². The summed E-state index contributed by atoms with van der Waals surface area (Å²) in [6.07, 6.45) is -0.520. The number of ether oxygens (including phenoxy) is 3. The van der Waals surface area contributed by atoms with E-state index in [1.54, 1.807) is 19.1 Å². The fourth-order valence-electron chi connectivity index (χ4n) is 1.51. The molecule has 0 saturated carbocycles. The second-order valence-electron chi connectivity index (χ2n) is 5.93. The molecule has 1 rings (SSSR count). The molecule has 0 aromatic heterocycles. The smallest absolute Gasteiger partial charge is 0.347 e. The van der Waals surface area contributed by atoms with Gasteiger partial charge in [-0.25, -0.2) is 4.79 Å². The number of hydrogen-bond donors (Lipinski definition) is 0. The van der Waals surface area contributed by atoms with Crippen LogP contribution in [0, 0.1) is 0 Å². The molecule has 0 fully saturated rings. The lowest BCUT2D eigenvalue weighted by Gasteiger charge is -2.22. The molecule has 1 atom stereocenters. The molecule has 112 valence electrons. The van der Waals surface area contributed by atoms with Crippen molar-refractivity contribution in [1.82, 2.24) is 0 Å². The SMILES string of the molecule is CC(C)Oc1ccc(OC(C)C(=O)OC(C)(C)C)cc1. The van der Waals surface area contributed by atoms with Gasteiger partial charge in [0, 0.05) is 0 Å². The lowest BCUT2D eigenvalue weighted by Crippen LogP contribution is -2.33. The van der Waals surface area contributed by atoms with Crippen LogP contribution in [0.5, 0.6) is 11.5 Å². The Hall–Kier alpha value is -1.71. The largest absolute Gasteiger partial charge is 0.491 e. The summed E-state index contributed by atoms with van der Waals surface area (Å²) in [5, 5.41) is 0. The molecule has 1 aromatic rings. The minimum atomic E-state index is -0.647. The van der Waals surface area contributed by atoms with Gasteiger partial charge < -0.3 is 14.2 Å². The summed E-state index contributed by atoms with van der Waals surface area (Å²) in [4.78, 5) is 11.8. The third kappa shape index (κ3) is 5.95. The van der Waals surface area contributed by atoms with Crippen molar-refractivity contribution in [3.8, 4) is 11.5 Å². The zero-order valence-corrected chi connectivity index (χ0v) is 13.1. The number of benzene rings is 1. The predicted octanol–water partition coefficient (Wildman–Crippen LogP) is 3.58. The van der Waals surface area contributed by atoms with Gasteiger partial charge in [-0.2, -0.15) is 0 Å². The van der Waals surface area contributed by atoms with Crippen molar-refractivity contribution in [1.29, 1.82) is 0 Å². The molecule has 0 heterocycles. The molecule has 0 saturated heterocycles. The van der Waals surface area contributed by atoms with E-state index >= 15 is 0 Å². The van der Waals surface area contributed by atoms with Gasteiger partial charge in [-0.05, 0) is 65.8 Å². The maximum Gasteiger partial charge on any atom is 0.347 e. The van der Waals surface area contributed by atoms with Gasteiger partial charge in [-0.15, -0.1) is 0 Å². The Morgan fingerprint density at radius 2 is 1.40 bits per heavy atom. The minimum Gasteiger partial charge on any atom is -0.491 e. The van der Waals surface area contributed by atoms with Crippen molar-refractivity contribution < 1.29 is 19.0 Å². The first-order chi connectivity index (χ1) is 9.17. The van der Waals surface area contributed by atoms with Gasteiger partial charge in [-0.1, -0.05) is 0 Å². The minimum absolute atomic E-state index is 0.127. The highest BCUT2D eigenvalue weighted by Crippen LogP contribution is 2.20. The Balaban J connectivity index is 2.58. The summed E-state index contributed by atoms with van der Waals surface area (Å²) in [6, 6.07) is 7.19. The predicted molar refractivity (Wildman–Crippen MR) is 78.1 cm³/mol. The fourth-order valence-corrected chi connectivity index (χ4v) is 1.51. The first-order valence-electron chi connectivity index (χ1n) is 6.83. The van der Waals surface area contributed by atoms with Crippen LogP contribution in [0.15, 0.2) is 24.3 Å². The molecule has 20 heavy (non-hydrogen) atoms. The van der Waals surface area contributed by atoms with Crippen LogP contribution < -0.4 is 9.47 Å². The molecule has 4 nitrogen and oxygen atoms in total. The van der Waals surface area contributed by atoms with Gasteiger partial charge in [0.05, 0.1) is 6.10 Å². The summed E-state index contributed by atoms with van der Waals surface area (Å²) >= 11 is 0. The lowest BCUT2D eigenvalue weighted by atomic mass is 10.2. The molecule has 0 aliphatic rings. The molecular formula is C16H24O4. The van der Waals surface area contributed by atoms with Crippen LogP contribution in [0.3, 0.4) is 0 Å². The molecule has 0 aliphatic carbocycles. The van der Waals surface area contributed by atoms with Crippen LogP contribution >= 0.6 is 0 Å². The highest BCUT2D eigenvalue weighted by Gasteiger charge is 2.22. The summed E-state index contributed by atoms with van der Waals surface area (Å²) in [5.41, 5.74) is -0.510. The molecule has 0 aliphatic heterocycles. The molecule has 0 bridgehead atoms. The zero-order valence-electron chi connectivity index (χ0n) is 13.1. The van der Waals surface area contributed by atoms with E-state index in [9.17, 15) is 4.79 Å². The van der Waals surface area contributed by atoms with Crippen molar-refractivity contribution >= 4 is 5.97 Å². The van der Waals surface area contributed by atoms with E-state index in [0.29, 0.717) is 5.75 Å². The van der Waals surface area contributed by atoms with E-state index in [4.69, 9.17) is 14.2 Å². The molecule has 4 heteroatoms. The number of rotatable bonds is 5. The maximum absolute atomic E-state index is 11.8. The molecule has 0 N–H and O–H groups in total. The summed E-state index contributed by atoms with van der Waals surface area (Å²) in [5.74, 6) is 1.01. The van der Waals surface area contributed by atoms with E-state index in [0.717, 1.165) is 5.75 Å². The third-order valence-corrected chi connectivity index (χ3v) is 2.25. The quantitative estimate of drug-likeness (QED) is 0.773. The van der Waals surface area contributed by atoms with Crippen molar-refractivity contribution in [2.45, 2.75) is 59.4 Å². The van der Waals surface area contributed by atoms with Crippen LogP contribution in [0.1, 0.15) is 41.5 Å². The van der Waals surface area contributed by atoms with Crippen molar-refractivity contribution in [2.24, 2.45) is 0 Å². The van der Waals surface area contributed by atoms with Gasteiger partial charge in [0.2, 0.25) is 0 Å². The topological polar surface area (TPSA) is 44.8 Å². The molecule has 1 aromatic carbocycles. The van der Waals surface area contributed by atoms with E-state index in [1.165, 1.54) is 0 Å². The second kappa shape index (κ2) is 6.64. The van der Waals surface area contributed by atoms with E-state index in [2.05, 4.69) is 0 Å². The van der Waals surface area contributed by atoms with Crippen molar-refractivity contribution in [3.63, 3.8) is 0 Å². The van der Waals surface area contributed by atoms with Gasteiger partial charge in [0.1, 0.15) is 17.1 Å². The Bertz CT molecular complexity index is 429.